The predicted octanol–water partition coefficient (Wildman–Crippen LogP) is 2.10. The van der Waals surface area contributed by atoms with E-state index >= 15 is 0 Å². The molecular weight excluding hydrogens is 215 g/mol. The molecular formula is C6H11IO. The largest absolute Gasteiger partial charge is 0.393 e. The number of allylic oxidation sites excluding steroid dienone is 1. The van der Waals surface area contributed by atoms with Crippen LogP contribution in [-0.2, 0) is 0 Å². The summed E-state index contributed by atoms with van der Waals surface area (Å²) in [7, 11) is 0. The van der Waals surface area contributed by atoms with Gasteiger partial charge in [-0.1, -0.05) is 28.7 Å². The molecule has 0 fully saturated rings. The first-order valence-electron chi connectivity index (χ1n) is 2.70. The second-order valence-corrected chi connectivity index (χ2v) is 2.51. The summed E-state index contributed by atoms with van der Waals surface area (Å²) in [6.07, 6.45) is 3.76. The molecule has 0 heterocycles. The van der Waals surface area contributed by atoms with Crippen LogP contribution in [0, 0.1) is 0 Å². The summed E-state index contributed by atoms with van der Waals surface area (Å²) in [5.74, 6) is 0. The molecule has 0 aromatic carbocycles. The van der Waals surface area contributed by atoms with Crippen LogP contribution in [0.2, 0.25) is 0 Å². The van der Waals surface area contributed by atoms with Gasteiger partial charge in [-0.25, -0.2) is 0 Å². The highest BCUT2D eigenvalue weighted by atomic mass is 127. The monoisotopic (exact) mass is 226 g/mol. The maximum absolute atomic E-state index is 8.74. The van der Waals surface area contributed by atoms with Gasteiger partial charge in [0, 0.05) is 0 Å². The van der Waals surface area contributed by atoms with Crippen LogP contribution in [0.25, 0.3) is 0 Å². The minimum Gasteiger partial charge on any atom is -0.393 e. The fourth-order valence-corrected chi connectivity index (χ4v) is 0.760. The van der Waals surface area contributed by atoms with Crippen molar-refractivity contribution in [2.24, 2.45) is 0 Å². The Morgan fingerprint density at radius 3 is 2.75 bits per heavy atom. The molecule has 0 aliphatic rings. The zero-order valence-corrected chi connectivity index (χ0v) is 7.13. The van der Waals surface area contributed by atoms with E-state index in [1.54, 1.807) is 6.92 Å². The SMILES string of the molecule is CC(O)CC/C=C\I. The Kier molecular flexibility index (Phi) is 5.86. The number of rotatable bonds is 3. The molecule has 0 aromatic rings. The zero-order valence-electron chi connectivity index (χ0n) is 4.97. The molecule has 0 aliphatic heterocycles. The average Bonchev–Trinajstić information content (AvgIpc) is 1.66. The minimum atomic E-state index is -0.150. The van der Waals surface area contributed by atoms with E-state index in [0.717, 1.165) is 12.8 Å². The van der Waals surface area contributed by atoms with Gasteiger partial charge < -0.3 is 5.11 Å². The Morgan fingerprint density at radius 1 is 1.75 bits per heavy atom. The second kappa shape index (κ2) is 5.56. The predicted molar refractivity (Wildman–Crippen MR) is 44.1 cm³/mol. The van der Waals surface area contributed by atoms with Crippen LogP contribution in [-0.4, -0.2) is 11.2 Å². The van der Waals surface area contributed by atoms with Gasteiger partial charge in [-0.15, -0.1) is 0 Å². The van der Waals surface area contributed by atoms with E-state index < -0.39 is 0 Å². The van der Waals surface area contributed by atoms with Gasteiger partial charge in [0.05, 0.1) is 6.10 Å². The van der Waals surface area contributed by atoms with Gasteiger partial charge in [-0.05, 0) is 23.8 Å². The van der Waals surface area contributed by atoms with Gasteiger partial charge in [-0.2, -0.15) is 0 Å². The highest BCUT2D eigenvalue weighted by Gasteiger charge is 1.89. The fourth-order valence-electron chi connectivity index (χ4n) is 0.400. The lowest BCUT2D eigenvalue weighted by Gasteiger charge is -1.96. The van der Waals surface area contributed by atoms with E-state index in [2.05, 4.69) is 22.6 Å². The van der Waals surface area contributed by atoms with E-state index in [4.69, 9.17) is 5.11 Å². The van der Waals surface area contributed by atoms with Crippen molar-refractivity contribution in [3.05, 3.63) is 10.2 Å². The molecule has 0 saturated carbocycles. The maximum Gasteiger partial charge on any atom is 0.0515 e. The summed E-state index contributed by atoms with van der Waals surface area (Å²) >= 11 is 2.17. The van der Waals surface area contributed by atoms with Crippen molar-refractivity contribution in [3.63, 3.8) is 0 Å². The third kappa shape index (κ3) is 6.43. The molecule has 0 radical (unpaired) electrons. The molecule has 0 aliphatic carbocycles. The zero-order chi connectivity index (χ0) is 6.41. The summed E-state index contributed by atoms with van der Waals surface area (Å²) in [5.41, 5.74) is 0. The van der Waals surface area contributed by atoms with E-state index in [-0.39, 0.29) is 6.10 Å². The standard InChI is InChI=1S/C6H11IO/c1-6(8)4-2-3-5-7/h3,5-6,8H,2,4H2,1H3/b5-3-. The number of aliphatic hydroxyl groups is 1. The highest BCUT2D eigenvalue weighted by Crippen LogP contribution is 1.97. The molecule has 0 amide bonds. The van der Waals surface area contributed by atoms with Crippen molar-refractivity contribution in [1.82, 2.24) is 0 Å². The lowest BCUT2D eigenvalue weighted by Crippen LogP contribution is -1.96. The molecule has 1 nitrogen and oxygen atoms in total. The average molecular weight is 226 g/mol. The Balaban J connectivity index is 2.93. The van der Waals surface area contributed by atoms with E-state index in [1.165, 1.54) is 0 Å². The quantitative estimate of drug-likeness (QED) is 0.730. The van der Waals surface area contributed by atoms with Gasteiger partial charge in [0.15, 0.2) is 0 Å². The highest BCUT2D eigenvalue weighted by molar-refractivity contribution is 14.1. The van der Waals surface area contributed by atoms with Crippen LogP contribution >= 0.6 is 22.6 Å². The summed E-state index contributed by atoms with van der Waals surface area (Å²) in [5, 5.41) is 8.74. The Morgan fingerprint density at radius 2 is 2.38 bits per heavy atom. The van der Waals surface area contributed by atoms with Gasteiger partial charge >= 0.3 is 0 Å². The number of hydrogen-bond acceptors (Lipinski definition) is 1. The van der Waals surface area contributed by atoms with Crippen LogP contribution in [0.4, 0.5) is 0 Å². The fraction of sp³-hybridized carbons (Fsp3) is 0.667. The molecule has 2 heteroatoms. The van der Waals surface area contributed by atoms with Crippen LogP contribution in [0.3, 0.4) is 0 Å². The van der Waals surface area contributed by atoms with Crippen molar-refractivity contribution >= 4 is 22.6 Å². The van der Waals surface area contributed by atoms with Gasteiger partial charge in [-0.3, -0.25) is 0 Å². The van der Waals surface area contributed by atoms with Crippen LogP contribution in [0.5, 0.6) is 0 Å². The summed E-state index contributed by atoms with van der Waals surface area (Å²) in [6, 6.07) is 0. The Bertz CT molecular complexity index is 68.9. The van der Waals surface area contributed by atoms with E-state index in [1.807, 2.05) is 10.2 Å². The topological polar surface area (TPSA) is 20.2 Å². The second-order valence-electron chi connectivity index (χ2n) is 1.79. The van der Waals surface area contributed by atoms with Crippen LogP contribution in [0.1, 0.15) is 19.8 Å². The Labute approximate surface area is 63.9 Å². The lowest BCUT2D eigenvalue weighted by molar-refractivity contribution is 0.186. The number of hydrogen-bond donors (Lipinski definition) is 1. The molecule has 0 saturated heterocycles. The normalized spacial score (nSPS) is 14.9. The number of halogens is 1. The molecule has 0 rings (SSSR count). The third-order valence-electron chi connectivity index (χ3n) is 0.840. The summed E-state index contributed by atoms with van der Waals surface area (Å²) in [4.78, 5) is 0. The van der Waals surface area contributed by atoms with Gasteiger partial charge in [0.25, 0.3) is 0 Å². The van der Waals surface area contributed by atoms with E-state index in [9.17, 15) is 0 Å². The molecule has 1 atom stereocenters. The van der Waals surface area contributed by atoms with Crippen LogP contribution in [0.15, 0.2) is 10.2 Å². The van der Waals surface area contributed by atoms with Crippen molar-refractivity contribution in [3.8, 4) is 0 Å². The summed E-state index contributed by atoms with van der Waals surface area (Å²) in [6.45, 7) is 1.81. The van der Waals surface area contributed by atoms with Gasteiger partial charge in [0.2, 0.25) is 0 Å². The van der Waals surface area contributed by atoms with Crippen molar-refractivity contribution in [2.45, 2.75) is 25.9 Å². The molecule has 1 N–H and O–H groups in total. The molecule has 0 aromatic heterocycles. The van der Waals surface area contributed by atoms with Crippen LogP contribution < -0.4 is 0 Å². The smallest absolute Gasteiger partial charge is 0.0515 e. The first-order chi connectivity index (χ1) is 3.77. The molecule has 0 spiro atoms. The van der Waals surface area contributed by atoms with Crippen molar-refractivity contribution in [2.75, 3.05) is 0 Å². The minimum absolute atomic E-state index is 0.150. The van der Waals surface area contributed by atoms with Crippen molar-refractivity contribution in [1.29, 1.82) is 0 Å². The molecule has 0 bridgehead atoms. The molecule has 48 valence electrons. The number of aliphatic hydroxyl groups excluding tert-OH is 1. The van der Waals surface area contributed by atoms with Crippen molar-refractivity contribution < 1.29 is 5.11 Å². The van der Waals surface area contributed by atoms with E-state index in [0.29, 0.717) is 0 Å². The molecule has 1 unspecified atom stereocenters. The lowest BCUT2D eigenvalue weighted by atomic mass is 10.2. The molecule has 8 heavy (non-hydrogen) atoms. The third-order valence-corrected chi connectivity index (χ3v) is 1.35. The summed E-state index contributed by atoms with van der Waals surface area (Å²) < 4.78 is 1.97. The maximum atomic E-state index is 8.74. The first-order valence-corrected chi connectivity index (χ1v) is 3.95. The first kappa shape index (κ1) is 8.43. The van der Waals surface area contributed by atoms with Gasteiger partial charge in [0.1, 0.15) is 0 Å². The Hall–Kier alpha value is 0.430.